The minimum absolute atomic E-state index is 0.208. The van der Waals surface area contributed by atoms with Gasteiger partial charge < -0.3 is 25.2 Å². The van der Waals surface area contributed by atoms with Gasteiger partial charge in [0.05, 0.1) is 18.6 Å². The molecule has 4 N–H and O–H groups in total. The van der Waals surface area contributed by atoms with Crippen LogP contribution in [0.5, 0.6) is 0 Å². The molecule has 0 saturated heterocycles. The van der Waals surface area contributed by atoms with Crippen molar-refractivity contribution in [3.63, 3.8) is 0 Å². The number of nitrogens with one attached hydrogen (secondary N) is 1. The van der Waals surface area contributed by atoms with Gasteiger partial charge in [-0.2, -0.15) is 0 Å². The predicted molar refractivity (Wildman–Crippen MR) is 158 cm³/mol. The zero-order valence-electron chi connectivity index (χ0n) is 23.2. The standard InChI is InChI=1S/C33H32F2N2O5/c1-20(2)37-28(17-16-26(38)18-27(39)19-29(40)41)30(22-8-10-23(34)11-9-22)31(21-6-4-3-5-7-21)32(37)33(42)36-25-14-12-24(35)13-15-25/h3-17,20,26-27,38-39H,18-19H2,1-2H3,(H,36,42)(H,40,41)/t26-,27-/m1/s1. The molecule has 1 heterocycles. The van der Waals surface area contributed by atoms with Crippen LogP contribution in [0.2, 0.25) is 0 Å². The Hall–Kier alpha value is -4.60. The number of anilines is 1. The molecule has 0 unspecified atom stereocenters. The van der Waals surface area contributed by atoms with Gasteiger partial charge in [0, 0.05) is 35.0 Å². The second kappa shape index (κ2) is 13.4. The lowest BCUT2D eigenvalue weighted by Gasteiger charge is -2.17. The predicted octanol–water partition coefficient (Wildman–Crippen LogP) is 6.53. The normalized spacial score (nSPS) is 12.9. The summed E-state index contributed by atoms with van der Waals surface area (Å²) >= 11 is 0. The number of carbonyl (C=O) groups is 2. The molecule has 0 radical (unpaired) electrons. The number of hydrogen-bond donors (Lipinski definition) is 4. The van der Waals surface area contributed by atoms with Crippen molar-refractivity contribution < 1.29 is 33.7 Å². The molecule has 0 bridgehead atoms. The van der Waals surface area contributed by atoms with E-state index in [1.54, 1.807) is 22.8 Å². The Morgan fingerprint density at radius 3 is 2.00 bits per heavy atom. The number of aromatic nitrogens is 1. The first-order valence-corrected chi connectivity index (χ1v) is 13.5. The van der Waals surface area contributed by atoms with Crippen LogP contribution >= 0.6 is 0 Å². The third-order valence-corrected chi connectivity index (χ3v) is 6.67. The van der Waals surface area contributed by atoms with Crippen LogP contribution in [-0.2, 0) is 4.79 Å². The number of aliphatic carboxylic acids is 1. The molecular formula is C33H32F2N2O5. The quantitative estimate of drug-likeness (QED) is 0.163. The molecule has 7 nitrogen and oxygen atoms in total. The lowest BCUT2D eigenvalue weighted by molar-refractivity contribution is -0.139. The Morgan fingerprint density at radius 1 is 0.857 bits per heavy atom. The molecule has 4 aromatic rings. The van der Waals surface area contributed by atoms with Gasteiger partial charge in [-0.25, -0.2) is 8.78 Å². The number of rotatable bonds is 11. The largest absolute Gasteiger partial charge is 0.481 e. The summed E-state index contributed by atoms with van der Waals surface area (Å²) in [5.41, 5.74) is 3.72. The number of aliphatic hydroxyl groups excluding tert-OH is 2. The van der Waals surface area contributed by atoms with E-state index in [4.69, 9.17) is 5.11 Å². The van der Waals surface area contributed by atoms with Crippen molar-refractivity contribution in [1.29, 1.82) is 0 Å². The van der Waals surface area contributed by atoms with E-state index in [9.17, 15) is 28.6 Å². The molecule has 0 spiro atoms. The first-order chi connectivity index (χ1) is 20.0. The molecule has 3 aromatic carbocycles. The third-order valence-electron chi connectivity index (χ3n) is 6.67. The number of benzene rings is 3. The summed E-state index contributed by atoms with van der Waals surface area (Å²) in [4.78, 5) is 25.0. The molecular weight excluding hydrogens is 542 g/mol. The number of amides is 1. The summed E-state index contributed by atoms with van der Waals surface area (Å²) in [6.45, 7) is 3.78. The third kappa shape index (κ3) is 7.18. The average molecular weight is 575 g/mol. The fourth-order valence-corrected chi connectivity index (χ4v) is 4.89. The highest BCUT2D eigenvalue weighted by molar-refractivity contribution is 6.11. The summed E-state index contributed by atoms with van der Waals surface area (Å²) < 4.78 is 29.3. The zero-order valence-corrected chi connectivity index (χ0v) is 23.2. The van der Waals surface area contributed by atoms with E-state index >= 15 is 0 Å². The summed E-state index contributed by atoms with van der Waals surface area (Å²) in [5.74, 6) is -2.52. The summed E-state index contributed by atoms with van der Waals surface area (Å²) in [7, 11) is 0. The van der Waals surface area contributed by atoms with E-state index in [2.05, 4.69) is 5.32 Å². The van der Waals surface area contributed by atoms with Gasteiger partial charge in [0.15, 0.2) is 0 Å². The number of nitrogens with zero attached hydrogens (tertiary/aromatic N) is 1. The van der Waals surface area contributed by atoms with Crippen LogP contribution in [0.3, 0.4) is 0 Å². The Kier molecular flexibility index (Phi) is 9.67. The molecule has 42 heavy (non-hydrogen) atoms. The highest BCUT2D eigenvalue weighted by Gasteiger charge is 2.29. The van der Waals surface area contributed by atoms with Crippen LogP contribution < -0.4 is 5.32 Å². The van der Waals surface area contributed by atoms with Crippen molar-refractivity contribution in [3.8, 4) is 22.3 Å². The van der Waals surface area contributed by atoms with E-state index < -0.39 is 42.1 Å². The fourth-order valence-electron chi connectivity index (χ4n) is 4.89. The minimum Gasteiger partial charge on any atom is -0.481 e. The number of carboxylic acids is 1. The first-order valence-electron chi connectivity index (χ1n) is 13.5. The van der Waals surface area contributed by atoms with Crippen molar-refractivity contribution in [2.75, 3.05) is 5.32 Å². The molecule has 1 amide bonds. The summed E-state index contributed by atoms with van der Waals surface area (Å²) in [5, 5.41) is 32.5. The fraction of sp³-hybridized carbons (Fsp3) is 0.212. The van der Waals surface area contributed by atoms with Crippen LogP contribution in [0.1, 0.15) is 48.9 Å². The number of carboxylic acid groups (broad SMARTS) is 1. The van der Waals surface area contributed by atoms with Crippen LogP contribution in [0.4, 0.5) is 14.5 Å². The van der Waals surface area contributed by atoms with Crippen molar-refractivity contribution in [2.45, 2.75) is 44.9 Å². The Bertz CT molecular complexity index is 1560. The van der Waals surface area contributed by atoms with Crippen LogP contribution in [-0.4, -0.2) is 44.0 Å². The highest BCUT2D eigenvalue weighted by atomic mass is 19.1. The molecule has 0 aliphatic carbocycles. The highest BCUT2D eigenvalue weighted by Crippen LogP contribution is 2.43. The van der Waals surface area contributed by atoms with Gasteiger partial charge in [-0.1, -0.05) is 48.5 Å². The zero-order chi connectivity index (χ0) is 30.4. The monoisotopic (exact) mass is 574 g/mol. The Balaban J connectivity index is 1.95. The maximum Gasteiger partial charge on any atom is 0.305 e. The molecule has 218 valence electrons. The summed E-state index contributed by atoms with van der Waals surface area (Å²) in [6.07, 6.45) is -0.110. The molecule has 1 aromatic heterocycles. The van der Waals surface area contributed by atoms with E-state index in [1.807, 2.05) is 44.2 Å². The van der Waals surface area contributed by atoms with Gasteiger partial charge in [-0.15, -0.1) is 0 Å². The lowest BCUT2D eigenvalue weighted by atomic mass is 9.94. The van der Waals surface area contributed by atoms with Gasteiger partial charge in [0.2, 0.25) is 0 Å². The number of carbonyl (C=O) groups excluding carboxylic acids is 1. The van der Waals surface area contributed by atoms with Gasteiger partial charge in [0.25, 0.3) is 5.91 Å². The van der Waals surface area contributed by atoms with Gasteiger partial charge in [-0.05, 0) is 67.4 Å². The average Bonchev–Trinajstić information content (AvgIpc) is 3.29. The lowest BCUT2D eigenvalue weighted by Crippen LogP contribution is -2.20. The molecule has 0 aliphatic rings. The number of hydrogen-bond acceptors (Lipinski definition) is 4. The second-order valence-electron chi connectivity index (χ2n) is 10.2. The molecule has 0 fully saturated rings. The molecule has 0 aliphatic heterocycles. The van der Waals surface area contributed by atoms with Crippen molar-refractivity contribution in [1.82, 2.24) is 4.57 Å². The molecule has 2 atom stereocenters. The summed E-state index contributed by atoms with van der Waals surface area (Å²) in [6, 6.07) is 20.2. The van der Waals surface area contributed by atoms with E-state index in [0.29, 0.717) is 39.3 Å². The molecule has 9 heteroatoms. The van der Waals surface area contributed by atoms with Gasteiger partial charge >= 0.3 is 5.97 Å². The maximum atomic E-state index is 14.0. The van der Waals surface area contributed by atoms with Crippen LogP contribution in [0.15, 0.2) is 84.9 Å². The van der Waals surface area contributed by atoms with Crippen molar-refractivity contribution in [2.24, 2.45) is 0 Å². The molecule has 0 saturated carbocycles. The van der Waals surface area contributed by atoms with E-state index in [1.165, 1.54) is 42.5 Å². The topological polar surface area (TPSA) is 112 Å². The smallest absolute Gasteiger partial charge is 0.305 e. The van der Waals surface area contributed by atoms with Crippen LogP contribution in [0, 0.1) is 11.6 Å². The molecule has 4 rings (SSSR count). The Morgan fingerprint density at radius 2 is 1.43 bits per heavy atom. The minimum atomic E-state index is -1.26. The second-order valence-corrected chi connectivity index (χ2v) is 10.2. The first kappa shape index (κ1) is 30.4. The van der Waals surface area contributed by atoms with Gasteiger partial charge in [0.1, 0.15) is 17.3 Å². The van der Waals surface area contributed by atoms with Gasteiger partial charge in [-0.3, -0.25) is 9.59 Å². The SMILES string of the molecule is CC(C)n1c(C=C[C@@H](O)C[C@@H](O)CC(=O)O)c(-c2ccc(F)cc2)c(-c2ccccc2)c1C(=O)Nc1ccc(F)cc1. The van der Waals surface area contributed by atoms with E-state index in [-0.39, 0.29) is 12.5 Å². The number of halogens is 2. The van der Waals surface area contributed by atoms with Crippen molar-refractivity contribution in [3.05, 3.63) is 108 Å². The van der Waals surface area contributed by atoms with E-state index in [0.717, 1.165) is 0 Å². The Labute approximate surface area is 242 Å². The van der Waals surface area contributed by atoms with Crippen molar-refractivity contribution >= 4 is 23.6 Å². The van der Waals surface area contributed by atoms with Crippen LogP contribution in [0.25, 0.3) is 28.3 Å². The number of aliphatic hydroxyl groups is 2. The maximum absolute atomic E-state index is 14.0.